The molecule has 0 atom stereocenters. The fourth-order valence-corrected chi connectivity index (χ4v) is 4.97. The first-order chi connectivity index (χ1) is 15.3. The molecule has 1 saturated carbocycles. The summed E-state index contributed by atoms with van der Waals surface area (Å²) in [6.45, 7) is 9.24. The highest BCUT2D eigenvalue weighted by Crippen LogP contribution is 2.38. The van der Waals surface area contributed by atoms with E-state index in [1.165, 1.54) is 12.8 Å². The Morgan fingerprint density at radius 3 is 2.47 bits per heavy atom. The molecule has 1 aliphatic carbocycles. The Morgan fingerprint density at radius 2 is 1.81 bits per heavy atom. The van der Waals surface area contributed by atoms with Crippen LogP contribution in [0.4, 0.5) is 4.79 Å². The van der Waals surface area contributed by atoms with E-state index in [2.05, 4.69) is 30.7 Å². The SMILES string of the molecule is CC(C)(C)[C@H]1CC[C@H](Oc2ccc3nc(CN4CCC(OC(=O)O)CC4)ncc3c2)CC1. The average molecular weight is 442 g/mol. The molecule has 0 unspecified atom stereocenters. The van der Waals surface area contributed by atoms with Gasteiger partial charge in [-0.05, 0) is 68.1 Å². The predicted octanol–water partition coefficient (Wildman–Crippen LogP) is 5.27. The molecule has 174 valence electrons. The maximum absolute atomic E-state index is 10.7. The highest BCUT2D eigenvalue weighted by atomic mass is 16.7. The molecule has 0 bridgehead atoms. The third kappa shape index (κ3) is 5.88. The van der Waals surface area contributed by atoms with E-state index in [4.69, 9.17) is 19.6 Å². The van der Waals surface area contributed by atoms with E-state index in [9.17, 15) is 4.79 Å². The molecule has 4 rings (SSSR count). The number of aromatic nitrogens is 2. The Morgan fingerprint density at radius 1 is 1.09 bits per heavy atom. The van der Waals surface area contributed by atoms with E-state index in [0.29, 0.717) is 30.9 Å². The van der Waals surface area contributed by atoms with Crippen molar-refractivity contribution in [3.63, 3.8) is 0 Å². The molecule has 32 heavy (non-hydrogen) atoms. The molecule has 2 aliphatic rings. The zero-order chi connectivity index (χ0) is 22.7. The van der Waals surface area contributed by atoms with E-state index < -0.39 is 6.16 Å². The molecule has 2 aromatic rings. The predicted molar refractivity (Wildman–Crippen MR) is 123 cm³/mol. The van der Waals surface area contributed by atoms with Crippen LogP contribution in [0.3, 0.4) is 0 Å². The van der Waals surface area contributed by atoms with Gasteiger partial charge in [0, 0.05) is 24.7 Å². The van der Waals surface area contributed by atoms with Crippen molar-refractivity contribution in [2.45, 2.75) is 78.0 Å². The number of fused-ring (bicyclic) bond motifs is 1. The lowest BCUT2D eigenvalue weighted by molar-refractivity contribution is 0.0181. The van der Waals surface area contributed by atoms with Crippen LogP contribution in [-0.4, -0.2) is 51.4 Å². The van der Waals surface area contributed by atoms with Gasteiger partial charge in [0.1, 0.15) is 17.7 Å². The summed E-state index contributed by atoms with van der Waals surface area (Å²) >= 11 is 0. The number of benzene rings is 1. The standard InChI is InChI=1S/C25H35N3O4/c1-25(2,3)18-4-6-19(7-5-18)31-21-8-9-22-17(14-21)15-26-23(27-22)16-28-12-10-20(11-13-28)32-24(29)30/h8-9,14-15,18-20H,4-7,10-13,16H2,1-3H3,(H,29,30)/t18-,19-. The fourth-order valence-electron chi connectivity index (χ4n) is 4.97. The van der Waals surface area contributed by atoms with Crippen molar-refractivity contribution in [2.24, 2.45) is 11.3 Å². The maximum atomic E-state index is 10.7. The molecular formula is C25H35N3O4. The molecule has 0 radical (unpaired) electrons. The van der Waals surface area contributed by atoms with Crippen molar-refractivity contribution < 1.29 is 19.4 Å². The van der Waals surface area contributed by atoms with E-state index in [1.54, 1.807) is 0 Å². The minimum absolute atomic E-state index is 0.205. The number of nitrogens with zero attached hydrogens (tertiary/aromatic N) is 3. The first-order valence-corrected chi connectivity index (χ1v) is 11.8. The summed E-state index contributed by atoms with van der Waals surface area (Å²) in [4.78, 5) is 22.2. The molecule has 2 fully saturated rings. The number of hydrogen-bond donors (Lipinski definition) is 1. The van der Waals surface area contributed by atoms with Gasteiger partial charge in [-0.25, -0.2) is 14.8 Å². The average Bonchev–Trinajstić information content (AvgIpc) is 2.75. The first kappa shape index (κ1) is 22.8. The summed E-state index contributed by atoms with van der Waals surface area (Å²) in [5.41, 5.74) is 1.30. The molecule has 2 heterocycles. The highest BCUT2D eigenvalue weighted by molar-refractivity contribution is 5.79. The van der Waals surface area contributed by atoms with Crippen LogP contribution in [0, 0.1) is 11.3 Å². The van der Waals surface area contributed by atoms with Gasteiger partial charge in [0.25, 0.3) is 0 Å². The van der Waals surface area contributed by atoms with Gasteiger partial charge in [0.05, 0.1) is 18.2 Å². The normalized spacial score (nSPS) is 23.2. The van der Waals surface area contributed by atoms with E-state index >= 15 is 0 Å². The zero-order valence-corrected chi connectivity index (χ0v) is 19.4. The molecule has 0 spiro atoms. The molecule has 0 amide bonds. The molecular weight excluding hydrogens is 406 g/mol. The number of piperidine rings is 1. The van der Waals surface area contributed by atoms with Crippen LogP contribution < -0.4 is 4.74 Å². The molecule has 7 heteroatoms. The topological polar surface area (TPSA) is 84.8 Å². The summed E-state index contributed by atoms with van der Waals surface area (Å²) < 4.78 is 11.2. The Bertz CT molecular complexity index is 926. The zero-order valence-electron chi connectivity index (χ0n) is 19.4. The number of likely N-dealkylation sites (tertiary alicyclic amines) is 1. The quantitative estimate of drug-likeness (QED) is 0.633. The van der Waals surface area contributed by atoms with Crippen molar-refractivity contribution in [3.8, 4) is 5.75 Å². The van der Waals surface area contributed by atoms with E-state index in [1.807, 2.05) is 24.4 Å². The summed E-state index contributed by atoms with van der Waals surface area (Å²) in [5.74, 6) is 2.46. The third-order valence-electron chi connectivity index (χ3n) is 6.97. The van der Waals surface area contributed by atoms with Crippen LogP contribution >= 0.6 is 0 Å². The Hall–Kier alpha value is -2.41. The van der Waals surface area contributed by atoms with Gasteiger partial charge in [-0.3, -0.25) is 4.90 Å². The van der Waals surface area contributed by atoms with Crippen LogP contribution in [-0.2, 0) is 11.3 Å². The third-order valence-corrected chi connectivity index (χ3v) is 6.97. The van der Waals surface area contributed by atoms with Crippen LogP contribution in [0.15, 0.2) is 24.4 Å². The maximum Gasteiger partial charge on any atom is 0.506 e. The molecule has 1 aromatic heterocycles. The first-order valence-electron chi connectivity index (χ1n) is 11.8. The van der Waals surface area contributed by atoms with Crippen LogP contribution in [0.1, 0.15) is 65.1 Å². The lowest BCUT2D eigenvalue weighted by Crippen LogP contribution is -2.37. The number of carboxylic acid groups (broad SMARTS) is 1. The van der Waals surface area contributed by atoms with Crippen molar-refractivity contribution >= 4 is 17.1 Å². The van der Waals surface area contributed by atoms with Gasteiger partial charge in [-0.2, -0.15) is 0 Å². The minimum Gasteiger partial charge on any atom is -0.490 e. The minimum atomic E-state index is -1.19. The van der Waals surface area contributed by atoms with Gasteiger partial charge < -0.3 is 14.6 Å². The second kappa shape index (κ2) is 9.61. The fraction of sp³-hybridized carbons (Fsp3) is 0.640. The van der Waals surface area contributed by atoms with Crippen LogP contribution in [0.25, 0.3) is 10.9 Å². The number of ether oxygens (including phenoxy) is 2. The molecule has 1 saturated heterocycles. The summed E-state index contributed by atoms with van der Waals surface area (Å²) in [6.07, 6.45) is 6.87. The van der Waals surface area contributed by atoms with Crippen LogP contribution in [0.2, 0.25) is 0 Å². The second-order valence-corrected chi connectivity index (χ2v) is 10.3. The summed E-state index contributed by atoms with van der Waals surface area (Å²) in [6, 6.07) is 6.08. The van der Waals surface area contributed by atoms with E-state index in [-0.39, 0.29) is 6.10 Å². The van der Waals surface area contributed by atoms with Gasteiger partial charge in [0.2, 0.25) is 0 Å². The van der Waals surface area contributed by atoms with Crippen molar-refractivity contribution in [2.75, 3.05) is 13.1 Å². The lowest BCUT2D eigenvalue weighted by Gasteiger charge is -2.36. The number of rotatable bonds is 5. The largest absolute Gasteiger partial charge is 0.506 e. The van der Waals surface area contributed by atoms with Crippen LogP contribution in [0.5, 0.6) is 5.75 Å². The summed E-state index contributed by atoms with van der Waals surface area (Å²) in [7, 11) is 0. The van der Waals surface area contributed by atoms with Crippen molar-refractivity contribution in [1.29, 1.82) is 0 Å². The number of hydrogen-bond acceptors (Lipinski definition) is 6. The van der Waals surface area contributed by atoms with Gasteiger partial charge >= 0.3 is 6.16 Å². The molecule has 1 N–H and O–H groups in total. The smallest absolute Gasteiger partial charge is 0.490 e. The van der Waals surface area contributed by atoms with E-state index in [0.717, 1.165) is 54.3 Å². The summed E-state index contributed by atoms with van der Waals surface area (Å²) in [5, 5.41) is 9.74. The molecule has 1 aliphatic heterocycles. The lowest BCUT2D eigenvalue weighted by atomic mass is 9.72. The second-order valence-electron chi connectivity index (χ2n) is 10.3. The monoisotopic (exact) mass is 441 g/mol. The van der Waals surface area contributed by atoms with Crippen molar-refractivity contribution in [3.05, 3.63) is 30.2 Å². The molecule has 1 aromatic carbocycles. The van der Waals surface area contributed by atoms with Gasteiger partial charge in [-0.15, -0.1) is 0 Å². The highest BCUT2D eigenvalue weighted by Gasteiger charge is 2.30. The number of carbonyl (C=O) groups is 1. The van der Waals surface area contributed by atoms with Gasteiger partial charge in [0.15, 0.2) is 0 Å². The van der Waals surface area contributed by atoms with Gasteiger partial charge in [-0.1, -0.05) is 20.8 Å². The molecule has 7 nitrogen and oxygen atoms in total. The Balaban J connectivity index is 1.31. The van der Waals surface area contributed by atoms with Crippen molar-refractivity contribution in [1.82, 2.24) is 14.9 Å². The Labute approximate surface area is 190 Å². The Kier molecular flexibility index (Phi) is 6.84.